The lowest BCUT2D eigenvalue weighted by Gasteiger charge is -2.35. The molecule has 1 aliphatic heterocycles. The Labute approximate surface area is 168 Å². The molecular formula is C20H22N6OS. The quantitative estimate of drug-likeness (QED) is 0.717. The van der Waals surface area contributed by atoms with Crippen LogP contribution >= 0.6 is 11.3 Å². The van der Waals surface area contributed by atoms with Gasteiger partial charge in [-0.3, -0.25) is 4.79 Å². The molecular weight excluding hydrogens is 372 g/mol. The van der Waals surface area contributed by atoms with E-state index in [1.807, 2.05) is 53.6 Å². The van der Waals surface area contributed by atoms with E-state index in [2.05, 4.69) is 25.2 Å². The summed E-state index contributed by atoms with van der Waals surface area (Å²) in [6.07, 6.45) is 2.12. The average Bonchev–Trinajstić information content (AvgIpc) is 3.15. The van der Waals surface area contributed by atoms with E-state index >= 15 is 0 Å². The molecule has 0 spiro atoms. The standard InChI is InChI=1S/C20H22N6OS/c1-15-5-4-6-17(22-15)24-20-23-16(14-28-20)13-19(27)26-11-9-25(10-12-26)18-7-2-3-8-21-18/h2-8,14H,9-13H2,1H3,(H,22,23,24). The smallest absolute Gasteiger partial charge is 0.228 e. The number of hydrogen-bond acceptors (Lipinski definition) is 7. The van der Waals surface area contributed by atoms with Gasteiger partial charge in [-0.1, -0.05) is 12.1 Å². The van der Waals surface area contributed by atoms with Crippen LogP contribution in [0, 0.1) is 6.92 Å². The van der Waals surface area contributed by atoms with Crippen molar-refractivity contribution in [2.45, 2.75) is 13.3 Å². The van der Waals surface area contributed by atoms with Crippen LogP contribution in [-0.2, 0) is 11.2 Å². The Balaban J connectivity index is 1.30. The van der Waals surface area contributed by atoms with Crippen molar-refractivity contribution in [1.82, 2.24) is 19.9 Å². The molecule has 28 heavy (non-hydrogen) atoms. The van der Waals surface area contributed by atoms with Crippen LogP contribution in [0.5, 0.6) is 0 Å². The molecule has 0 bridgehead atoms. The number of carbonyl (C=O) groups excluding carboxylic acids is 1. The summed E-state index contributed by atoms with van der Waals surface area (Å²) in [6, 6.07) is 11.7. The summed E-state index contributed by atoms with van der Waals surface area (Å²) >= 11 is 1.49. The lowest BCUT2D eigenvalue weighted by molar-refractivity contribution is -0.130. The van der Waals surface area contributed by atoms with Crippen LogP contribution < -0.4 is 10.2 Å². The predicted octanol–water partition coefficient (Wildman–Crippen LogP) is 2.88. The minimum atomic E-state index is 0.117. The summed E-state index contributed by atoms with van der Waals surface area (Å²) in [5.41, 5.74) is 1.74. The maximum atomic E-state index is 12.6. The fraction of sp³-hybridized carbons (Fsp3) is 0.300. The molecule has 0 aliphatic carbocycles. The van der Waals surface area contributed by atoms with E-state index < -0.39 is 0 Å². The molecule has 1 fully saturated rings. The van der Waals surface area contributed by atoms with Crippen molar-refractivity contribution in [1.29, 1.82) is 0 Å². The Morgan fingerprint density at radius 3 is 2.71 bits per heavy atom. The Bertz CT molecular complexity index is 937. The molecule has 4 rings (SSSR count). The fourth-order valence-corrected chi connectivity index (χ4v) is 3.88. The highest BCUT2D eigenvalue weighted by molar-refractivity contribution is 7.13. The van der Waals surface area contributed by atoms with Gasteiger partial charge in [-0.25, -0.2) is 15.0 Å². The molecule has 144 valence electrons. The predicted molar refractivity (Wildman–Crippen MR) is 111 cm³/mol. The SMILES string of the molecule is Cc1cccc(Nc2nc(CC(=O)N3CCN(c4ccccn4)CC3)cs2)n1. The molecule has 0 radical (unpaired) electrons. The molecule has 0 saturated carbocycles. The third kappa shape index (κ3) is 4.45. The largest absolute Gasteiger partial charge is 0.353 e. The lowest BCUT2D eigenvalue weighted by Crippen LogP contribution is -2.49. The van der Waals surface area contributed by atoms with Crippen molar-refractivity contribution in [3.8, 4) is 0 Å². The molecule has 8 heteroatoms. The number of aromatic nitrogens is 3. The molecule has 3 aromatic heterocycles. The van der Waals surface area contributed by atoms with Gasteiger partial charge < -0.3 is 15.1 Å². The van der Waals surface area contributed by atoms with Gasteiger partial charge in [-0.05, 0) is 31.2 Å². The number of anilines is 3. The number of nitrogens with one attached hydrogen (secondary N) is 1. The molecule has 1 amide bonds. The first kappa shape index (κ1) is 18.4. The second kappa shape index (κ2) is 8.35. The monoisotopic (exact) mass is 394 g/mol. The van der Waals surface area contributed by atoms with Gasteiger partial charge in [0.05, 0.1) is 12.1 Å². The highest BCUT2D eigenvalue weighted by Crippen LogP contribution is 2.21. The van der Waals surface area contributed by atoms with Gasteiger partial charge in [0, 0.05) is 43.4 Å². The van der Waals surface area contributed by atoms with Crippen LogP contribution in [0.3, 0.4) is 0 Å². The van der Waals surface area contributed by atoms with E-state index in [1.54, 1.807) is 6.20 Å². The van der Waals surface area contributed by atoms with Gasteiger partial charge in [0.25, 0.3) is 0 Å². The third-order valence-corrected chi connectivity index (χ3v) is 5.42. The van der Waals surface area contributed by atoms with E-state index in [0.717, 1.165) is 41.2 Å². The maximum absolute atomic E-state index is 12.6. The molecule has 7 nitrogen and oxygen atoms in total. The molecule has 1 N–H and O–H groups in total. The number of amides is 1. The summed E-state index contributed by atoms with van der Waals surface area (Å²) in [4.78, 5) is 30.1. The van der Waals surface area contributed by atoms with E-state index in [9.17, 15) is 4.79 Å². The number of thiazole rings is 1. The van der Waals surface area contributed by atoms with Crippen LogP contribution in [0.2, 0.25) is 0 Å². The topological polar surface area (TPSA) is 74.2 Å². The molecule has 3 aromatic rings. The first-order valence-corrected chi connectivity index (χ1v) is 10.1. The van der Waals surface area contributed by atoms with Crippen molar-refractivity contribution in [3.05, 3.63) is 59.4 Å². The fourth-order valence-electron chi connectivity index (χ4n) is 3.16. The summed E-state index contributed by atoms with van der Waals surface area (Å²) in [6.45, 7) is 4.96. The van der Waals surface area contributed by atoms with Crippen LogP contribution in [0.25, 0.3) is 0 Å². The number of hydrogen-bond donors (Lipinski definition) is 1. The van der Waals surface area contributed by atoms with Crippen LogP contribution in [0.15, 0.2) is 48.0 Å². The van der Waals surface area contributed by atoms with Gasteiger partial charge in [0.2, 0.25) is 5.91 Å². The number of piperazine rings is 1. The zero-order valence-corrected chi connectivity index (χ0v) is 16.5. The molecule has 0 aromatic carbocycles. The number of pyridine rings is 2. The maximum Gasteiger partial charge on any atom is 0.228 e. The van der Waals surface area contributed by atoms with Crippen molar-refractivity contribution < 1.29 is 4.79 Å². The molecule has 1 aliphatic rings. The van der Waals surface area contributed by atoms with Gasteiger partial charge in [0.1, 0.15) is 11.6 Å². The van der Waals surface area contributed by atoms with Crippen molar-refractivity contribution in [2.24, 2.45) is 0 Å². The Morgan fingerprint density at radius 1 is 1.11 bits per heavy atom. The lowest BCUT2D eigenvalue weighted by atomic mass is 10.2. The number of carbonyl (C=O) groups is 1. The van der Waals surface area contributed by atoms with Crippen LogP contribution in [0.4, 0.5) is 16.8 Å². The number of aryl methyl sites for hydroxylation is 1. The zero-order valence-electron chi connectivity index (χ0n) is 15.7. The highest BCUT2D eigenvalue weighted by atomic mass is 32.1. The summed E-state index contributed by atoms with van der Waals surface area (Å²) in [5.74, 6) is 1.85. The third-order valence-electron chi connectivity index (χ3n) is 4.61. The molecule has 4 heterocycles. The van der Waals surface area contributed by atoms with Gasteiger partial charge in [-0.15, -0.1) is 11.3 Å². The Kier molecular flexibility index (Phi) is 5.48. The molecule has 0 atom stereocenters. The minimum Gasteiger partial charge on any atom is -0.353 e. The first-order chi connectivity index (χ1) is 13.7. The molecule has 1 saturated heterocycles. The van der Waals surface area contributed by atoms with E-state index in [4.69, 9.17) is 0 Å². The Hall–Kier alpha value is -3.00. The van der Waals surface area contributed by atoms with Gasteiger partial charge in [-0.2, -0.15) is 0 Å². The number of nitrogens with zero attached hydrogens (tertiary/aromatic N) is 5. The van der Waals surface area contributed by atoms with Crippen LogP contribution in [-0.4, -0.2) is 51.9 Å². The highest BCUT2D eigenvalue weighted by Gasteiger charge is 2.22. The van der Waals surface area contributed by atoms with E-state index in [1.165, 1.54) is 11.3 Å². The summed E-state index contributed by atoms with van der Waals surface area (Å²) < 4.78 is 0. The van der Waals surface area contributed by atoms with Crippen molar-refractivity contribution in [2.75, 3.05) is 36.4 Å². The van der Waals surface area contributed by atoms with Gasteiger partial charge in [0.15, 0.2) is 5.13 Å². The van der Waals surface area contributed by atoms with Crippen molar-refractivity contribution in [3.63, 3.8) is 0 Å². The second-order valence-corrected chi connectivity index (χ2v) is 7.52. The van der Waals surface area contributed by atoms with E-state index in [0.29, 0.717) is 19.5 Å². The second-order valence-electron chi connectivity index (χ2n) is 6.67. The first-order valence-electron chi connectivity index (χ1n) is 9.26. The number of rotatable bonds is 5. The van der Waals surface area contributed by atoms with Gasteiger partial charge >= 0.3 is 0 Å². The molecule has 0 unspecified atom stereocenters. The summed E-state index contributed by atoms with van der Waals surface area (Å²) in [5, 5.41) is 5.88. The van der Waals surface area contributed by atoms with E-state index in [-0.39, 0.29) is 5.91 Å². The normalized spacial score (nSPS) is 14.2. The summed E-state index contributed by atoms with van der Waals surface area (Å²) in [7, 11) is 0. The minimum absolute atomic E-state index is 0.117. The zero-order chi connectivity index (χ0) is 19.3. The van der Waals surface area contributed by atoms with Crippen molar-refractivity contribution >= 4 is 34.0 Å². The Morgan fingerprint density at radius 2 is 1.96 bits per heavy atom. The average molecular weight is 395 g/mol. The van der Waals surface area contributed by atoms with Crippen LogP contribution in [0.1, 0.15) is 11.4 Å².